The van der Waals surface area contributed by atoms with Crippen molar-refractivity contribution in [1.29, 1.82) is 0 Å². The van der Waals surface area contributed by atoms with Crippen molar-refractivity contribution in [2.45, 2.75) is 38.5 Å². The summed E-state index contributed by atoms with van der Waals surface area (Å²) in [5.74, 6) is -1.28. The van der Waals surface area contributed by atoms with E-state index in [0.29, 0.717) is 6.42 Å². The minimum Gasteiger partial charge on any atom is -0.426 e. The van der Waals surface area contributed by atoms with Crippen LogP contribution < -0.4 is 5.32 Å². The minimum atomic E-state index is -3.10. The van der Waals surface area contributed by atoms with E-state index in [0.717, 1.165) is 23.8 Å². The zero-order valence-corrected chi connectivity index (χ0v) is 14.3. The van der Waals surface area contributed by atoms with E-state index in [9.17, 15) is 23.3 Å². The maximum absolute atomic E-state index is 11.8. The normalized spacial score (nSPS) is 12.7. The molecule has 0 radical (unpaired) electrons. The highest BCUT2D eigenvalue weighted by atomic mass is 32.2. The molecule has 0 aliphatic carbocycles. The van der Waals surface area contributed by atoms with Gasteiger partial charge in [0.05, 0.1) is 11.7 Å². The molecule has 1 amide bonds. The van der Waals surface area contributed by atoms with E-state index in [1.54, 1.807) is 0 Å². The Morgan fingerprint density at radius 2 is 1.96 bits per heavy atom. The Morgan fingerprint density at radius 3 is 2.52 bits per heavy atom. The Morgan fingerprint density at radius 1 is 1.30 bits per heavy atom. The summed E-state index contributed by atoms with van der Waals surface area (Å²) >= 11 is 0. The van der Waals surface area contributed by atoms with E-state index in [1.807, 2.05) is 31.2 Å². The van der Waals surface area contributed by atoms with Gasteiger partial charge in [-0.2, -0.15) is 0 Å². The molecule has 1 rings (SSSR count). The number of rotatable bonds is 9. The molecule has 0 aliphatic heterocycles. The quantitative estimate of drug-likeness (QED) is 0.553. The van der Waals surface area contributed by atoms with Crippen molar-refractivity contribution in [1.82, 2.24) is 5.32 Å². The fraction of sp³-hybridized carbons (Fsp3) is 0.533. The molecule has 0 saturated heterocycles. The lowest BCUT2D eigenvalue weighted by atomic mass is 9.75. The second-order valence-corrected chi connectivity index (χ2v) is 7.96. The lowest BCUT2D eigenvalue weighted by Crippen LogP contribution is -2.47. The lowest BCUT2D eigenvalue weighted by molar-refractivity contribution is -0.121. The van der Waals surface area contributed by atoms with E-state index in [4.69, 9.17) is 0 Å². The van der Waals surface area contributed by atoms with Crippen LogP contribution in [0.2, 0.25) is 0 Å². The molecular weight excluding hydrogens is 317 g/mol. The van der Waals surface area contributed by atoms with Crippen molar-refractivity contribution in [3.63, 3.8) is 0 Å². The summed E-state index contributed by atoms with van der Waals surface area (Å²) in [7, 11) is -4.78. The molecule has 1 aromatic rings. The number of carbonyl (C=O) groups is 1. The van der Waals surface area contributed by atoms with Crippen LogP contribution in [0.15, 0.2) is 24.3 Å². The summed E-state index contributed by atoms with van der Waals surface area (Å²) < 4.78 is 22.1. The second kappa shape index (κ2) is 9.05. The van der Waals surface area contributed by atoms with Crippen LogP contribution in [0.3, 0.4) is 0 Å². The Labute approximate surface area is 138 Å². The Hall–Kier alpha value is -1.38. The molecule has 0 heterocycles. The standard InChI is InChI=1S/C15H24BNO5S/c1-3-12-6-4-7-13(10-12)11-14(16(19)20)17-15(18)8-5-9-23(2,21)22/h4,6-7,10,14,19-20H,3,5,8-9,11H2,1-2H3,(H,17,18)/t14-/m0/s1. The lowest BCUT2D eigenvalue weighted by Gasteiger charge is -2.18. The first-order chi connectivity index (χ1) is 10.7. The molecule has 1 aromatic carbocycles. The zero-order chi connectivity index (χ0) is 17.5. The third-order valence-corrected chi connectivity index (χ3v) is 4.51. The van der Waals surface area contributed by atoms with Gasteiger partial charge in [0.15, 0.2) is 0 Å². The summed E-state index contributed by atoms with van der Waals surface area (Å²) in [6.07, 6.45) is 2.53. The Balaban J connectivity index is 2.59. The van der Waals surface area contributed by atoms with Gasteiger partial charge in [-0.05, 0) is 30.4 Å². The van der Waals surface area contributed by atoms with E-state index in [2.05, 4.69) is 5.32 Å². The number of hydrogen-bond acceptors (Lipinski definition) is 5. The van der Waals surface area contributed by atoms with Crippen LogP contribution in [0.1, 0.15) is 30.9 Å². The SMILES string of the molecule is CCc1cccc(C[C@H](NC(=O)CCCS(C)(=O)=O)B(O)O)c1. The van der Waals surface area contributed by atoms with Crippen molar-refractivity contribution >= 4 is 22.9 Å². The first-order valence-corrected chi connectivity index (χ1v) is 9.68. The number of benzene rings is 1. The van der Waals surface area contributed by atoms with Crippen molar-refractivity contribution in [3.8, 4) is 0 Å². The van der Waals surface area contributed by atoms with Gasteiger partial charge >= 0.3 is 7.12 Å². The van der Waals surface area contributed by atoms with Crippen LogP contribution in [-0.4, -0.2) is 49.4 Å². The molecule has 23 heavy (non-hydrogen) atoms. The summed E-state index contributed by atoms with van der Waals surface area (Å²) in [6.45, 7) is 2.03. The molecule has 1 atom stereocenters. The molecule has 0 aromatic heterocycles. The van der Waals surface area contributed by atoms with Gasteiger partial charge in [-0.3, -0.25) is 4.79 Å². The molecule has 0 spiro atoms. The Kier molecular flexibility index (Phi) is 7.74. The van der Waals surface area contributed by atoms with E-state index < -0.39 is 28.8 Å². The van der Waals surface area contributed by atoms with Crippen LogP contribution in [0.5, 0.6) is 0 Å². The van der Waals surface area contributed by atoms with Gasteiger partial charge in [0, 0.05) is 12.7 Å². The summed E-state index contributed by atoms with van der Waals surface area (Å²) in [4.78, 5) is 11.8. The summed E-state index contributed by atoms with van der Waals surface area (Å²) in [6, 6.07) is 7.70. The maximum atomic E-state index is 11.8. The number of sulfone groups is 1. The number of carbonyl (C=O) groups excluding carboxylic acids is 1. The van der Waals surface area contributed by atoms with Crippen LogP contribution >= 0.6 is 0 Å². The third-order valence-electron chi connectivity index (χ3n) is 3.48. The first kappa shape index (κ1) is 19.7. The van der Waals surface area contributed by atoms with Crippen LogP contribution in [0.4, 0.5) is 0 Å². The van der Waals surface area contributed by atoms with Crippen LogP contribution in [-0.2, 0) is 27.5 Å². The Bertz CT molecular complexity index is 618. The van der Waals surface area contributed by atoms with Gasteiger partial charge < -0.3 is 15.4 Å². The summed E-state index contributed by atoms with van der Waals surface area (Å²) in [5, 5.41) is 21.5. The average Bonchev–Trinajstić information content (AvgIpc) is 2.45. The third kappa shape index (κ3) is 8.15. The largest absolute Gasteiger partial charge is 0.475 e. The fourth-order valence-corrected chi connectivity index (χ4v) is 2.90. The maximum Gasteiger partial charge on any atom is 0.475 e. The van der Waals surface area contributed by atoms with E-state index >= 15 is 0 Å². The second-order valence-electron chi connectivity index (χ2n) is 5.70. The molecule has 0 fully saturated rings. The molecule has 6 nitrogen and oxygen atoms in total. The molecular formula is C15H24BNO5S. The smallest absolute Gasteiger partial charge is 0.426 e. The predicted molar refractivity (Wildman–Crippen MR) is 90.6 cm³/mol. The molecule has 3 N–H and O–H groups in total. The van der Waals surface area contributed by atoms with Crippen LogP contribution in [0.25, 0.3) is 0 Å². The van der Waals surface area contributed by atoms with Crippen molar-refractivity contribution in [2.75, 3.05) is 12.0 Å². The first-order valence-electron chi connectivity index (χ1n) is 7.62. The highest BCUT2D eigenvalue weighted by molar-refractivity contribution is 7.90. The van der Waals surface area contributed by atoms with Crippen molar-refractivity contribution in [3.05, 3.63) is 35.4 Å². The van der Waals surface area contributed by atoms with Gasteiger partial charge in [0.2, 0.25) is 5.91 Å². The van der Waals surface area contributed by atoms with Crippen molar-refractivity contribution in [2.24, 2.45) is 0 Å². The molecule has 0 unspecified atom stereocenters. The van der Waals surface area contributed by atoms with Gasteiger partial charge in [0.1, 0.15) is 9.84 Å². The van der Waals surface area contributed by atoms with Gasteiger partial charge in [0.25, 0.3) is 0 Å². The predicted octanol–water partition coefficient (Wildman–Crippen LogP) is 0.113. The molecule has 0 bridgehead atoms. The average molecular weight is 341 g/mol. The highest BCUT2D eigenvalue weighted by Gasteiger charge is 2.25. The van der Waals surface area contributed by atoms with Crippen LogP contribution in [0, 0.1) is 0 Å². The van der Waals surface area contributed by atoms with E-state index in [-0.39, 0.29) is 18.6 Å². The molecule has 128 valence electrons. The highest BCUT2D eigenvalue weighted by Crippen LogP contribution is 2.09. The topological polar surface area (TPSA) is 104 Å². The summed E-state index contributed by atoms with van der Waals surface area (Å²) in [5.41, 5.74) is 2.03. The number of amides is 1. The van der Waals surface area contributed by atoms with Gasteiger partial charge in [-0.25, -0.2) is 8.42 Å². The molecule has 8 heteroatoms. The zero-order valence-electron chi connectivity index (χ0n) is 13.5. The number of hydrogen-bond donors (Lipinski definition) is 3. The van der Waals surface area contributed by atoms with E-state index in [1.165, 1.54) is 0 Å². The monoisotopic (exact) mass is 341 g/mol. The number of aryl methyl sites for hydroxylation is 1. The molecule has 0 aliphatic rings. The minimum absolute atomic E-state index is 0.0330. The van der Waals surface area contributed by atoms with Gasteiger partial charge in [-0.15, -0.1) is 0 Å². The van der Waals surface area contributed by atoms with Crippen molar-refractivity contribution < 1.29 is 23.3 Å². The van der Waals surface area contributed by atoms with Gasteiger partial charge in [-0.1, -0.05) is 31.2 Å². The fourth-order valence-electron chi connectivity index (χ4n) is 2.24. The number of nitrogens with one attached hydrogen (secondary N) is 1. The molecule has 0 saturated carbocycles.